The summed E-state index contributed by atoms with van der Waals surface area (Å²) in [6.07, 6.45) is 0. The zero-order valence-electron chi connectivity index (χ0n) is 19.1. The lowest BCUT2D eigenvalue weighted by Crippen LogP contribution is -2.44. The van der Waals surface area contributed by atoms with Gasteiger partial charge in [-0.15, -0.1) is 0 Å². The van der Waals surface area contributed by atoms with Gasteiger partial charge in [0.2, 0.25) is 11.8 Å². The molecule has 0 heterocycles. The van der Waals surface area contributed by atoms with Gasteiger partial charge in [-0.25, -0.2) is 0 Å². The van der Waals surface area contributed by atoms with Gasteiger partial charge in [0.1, 0.15) is 5.75 Å². The van der Waals surface area contributed by atoms with E-state index in [1.165, 1.54) is 4.90 Å². The van der Waals surface area contributed by atoms with Crippen molar-refractivity contribution in [1.29, 1.82) is 0 Å². The average Bonchev–Trinajstić information content (AvgIpc) is 2.81. The van der Waals surface area contributed by atoms with Crippen molar-refractivity contribution in [3.63, 3.8) is 0 Å². The van der Waals surface area contributed by atoms with Gasteiger partial charge in [0, 0.05) is 17.8 Å². The predicted octanol–water partition coefficient (Wildman–Crippen LogP) is 3.70. The molecule has 3 aromatic carbocycles. The van der Waals surface area contributed by atoms with Crippen molar-refractivity contribution in [2.45, 2.75) is 13.8 Å². The fourth-order valence-corrected chi connectivity index (χ4v) is 3.45. The number of anilines is 1. The molecular weight excluding hydrogens is 418 g/mol. The molecule has 2 N–H and O–H groups in total. The van der Waals surface area contributed by atoms with Gasteiger partial charge in [0.15, 0.2) is 0 Å². The smallest absolute Gasteiger partial charge is 0.254 e. The van der Waals surface area contributed by atoms with Crippen LogP contribution in [0.2, 0.25) is 0 Å². The van der Waals surface area contributed by atoms with Crippen LogP contribution in [0.15, 0.2) is 66.7 Å². The van der Waals surface area contributed by atoms with Gasteiger partial charge in [-0.2, -0.15) is 0 Å². The molecule has 3 rings (SSSR count). The first-order valence-electron chi connectivity index (χ1n) is 10.8. The molecule has 33 heavy (non-hydrogen) atoms. The first kappa shape index (κ1) is 23.8. The molecule has 0 unspecified atom stereocenters. The van der Waals surface area contributed by atoms with E-state index >= 15 is 0 Å². The quantitative estimate of drug-likeness (QED) is 0.524. The van der Waals surface area contributed by atoms with Crippen LogP contribution in [0.5, 0.6) is 5.75 Å². The van der Waals surface area contributed by atoms with Crippen molar-refractivity contribution in [2.75, 3.05) is 32.1 Å². The van der Waals surface area contributed by atoms with Crippen LogP contribution >= 0.6 is 0 Å². The van der Waals surface area contributed by atoms with Crippen LogP contribution in [0.25, 0.3) is 10.8 Å². The van der Waals surface area contributed by atoms with Crippen LogP contribution in [0.1, 0.15) is 24.2 Å². The first-order valence-corrected chi connectivity index (χ1v) is 10.8. The summed E-state index contributed by atoms with van der Waals surface area (Å²) in [6.45, 7) is 4.09. The SMILES string of the molecule is COc1ccc(NC(=O)CNC(=O)CN(CC(C)C)C(=O)c2ccc3ccccc3c2)cc1. The standard InChI is InChI=1S/C26H29N3O4/c1-18(2)16-29(26(32)21-9-8-19-6-4-5-7-20(19)14-21)17-25(31)27-15-24(30)28-22-10-12-23(33-3)13-11-22/h4-14,18H,15-17H2,1-3H3,(H,27,31)(H,28,30). The Balaban J connectivity index is 1.59. The van der Waals surface area contributed by atoms with Gasteiger partial charge < -0.3 is 20.3 Å². The molecule has 3 aromatic rings. The van der Waals surface area contributed by atoms with Crippen LogP contribution in [-0.4, -0.2) is 49.4 Å². The van der Waals surface area contributed by atoms with Crippen molar-refractivity contribution >= 4 is 34.2 Å². The predicted molar refractivity (Wildman–Crippen MR) is 129 cm³/mol. The third-order valence-electron chi connectivity index (χ3n) is 5.02. The summed E-state index contributed by atoms with van der Waals surface area (Å²) in [5, 5.41) is 7.32. The molecule has 0 fully saturated rings. The minimum atomic E-state index is -0.394. The summed E-state index contributed by atoms with van der Waals surface area (Å²) < 4.78 is 5.09. The average molecular weight is 448 g/mol. The number of carbonyl (C=O) groups excluding carboxylic acids is 3. The highest BCUT2D eigenvalue weighted by Crippen LogP contribution is 2.18. The molecular formula is C26H29N3O4. The molecule has 0 aliphatic carbocycles. The molecule has 0 radical (unpaired) electrons. The highest BCUT2D eigenvalue weighted by Gasteiger charge is 2.20. The number of hydrogen-bond acceptors (Lipinski definition) is 4. The van der Waals surface area contributed by atoms with E-state index in [9.17, 15) is 14.4 Å². The second-order valence-electron chi connectivity index (χ2n) is 8.19. The summed E-state index contributed by atoms with van der Waals surface area (Å²) >= 11 is 0. The van der Waals surface area contributed by atoms with Crippen LogP contribution in [-0.2, 0) is 9.59 Å². The van der Waals surface area contributed by atoms with Crippen molar-refractivity contribution < 1.29 is 19.1 Å². The minimum absolute atomic E-state index is 0.125. The molecule has 0 aliphatic heterocycles. The molecule has 0 atom stereocenters. The zero-order valence-corrected chi connectivity index (χ0v) is 19.1. The topological polar surface area (TPSA) is 87.7 Å². The van der Waals surface area contributed by atoms with Gasteiger partial charge >= 0.3 is 0 Å². The van der Waals surface area contributed by atoms with Crippen LogP contribution in [0, 0.1) is 5.92 Å². The number of rotatable bonds is 9. The Bertz CT molecular complexity index is 1130. The van der Waals surface area contributed by atoms with E-state index in [0.29, 0.717) is 23.5 Å². The lowest BCUT2D eigenvalue weighted by atomic mass is 10.1. The van der Waals surface area contributed by atoms with Gasteiger partial charge in [0.05, 0.1) is 20.2 Å². The van der Waals surface area contributed by atoms with Crippen LogP contribution < -0.4 is 15.4 Å². The maximum absolute atomic E-state index is 13.1. The molecule has 0 saturated carbocycles. The Morgan fingerprint density at radius 1 is 0.909 bits per heavy atom. The lowest BCUT2D eigenvalue weighted by molar-refractivity contribution is -0.124. The van der Waals surface area contributed by atoms with Crippen LogP contribution in [0.3, 0.4) is 0 Å². The molecule has 7 heteroatoms. The Labute approximate surface area is 193 Å². The van der Waals surface area contributed by atoms with Gasteiger partial charge in [0.25, 0.3) is 5.91 Å². The number of amides is 3. The van der Waals surface area contributed by atoms with Crippen LogP contribution in [0.4, 0.5) is 5.69 Å². The van der Waals surface area contributed by atoms with Gasteiger partial charge in [-0.3, -0.25) is 14.4 Å². The van der Waals surface area contributed by atoms with Crippen molar-refractivity contribution in [2.24, 2.45) is 5.92 Å². The van der Waals surface area contributed by atoms with Gasteiger partial charge in [-0.05, 0) is 53.1 Å². The number of fused-ring (bicyclic) bond motifs is 1. The van der Waals surface area contributed by atoms with E-state index in [1.54, 1.807) is 37.4 Å². The number of benzene rings is 3. The van der Waals surface area contributed by atoms with E-state index < -0.39 is 5.91 Å². The molecule has 0 saturated heterocycles. The lowest BCUT2D eigenvalue weighted by Gasteiger charge is -2.24. The number of hydrogen-bond donors (Lipinski definition) is 2. The number of nitrogens with zero attached hydrogens (tertiary/aromatic N) is 1. The van der Waals surface area contributed by atoms with E-state index in [0.717, 1.165) is 10.8 Å². The first-order chi connectivity index (χ1) is 15.9. The highest BCUT2D eigenvalue weighted by atomic mass is 16.5. The molecule has 0 bridgehead atoms. The van der Waals surface area contributed by atoms with Crippen molar-refractivity contribution in [3.05, 3.63) is 72.3 Å². The van der Waals surface area contributed by atoms with E-state index in [2.05, 4.69) is 10.6 Å². The second-order valence-corrected chi connectivity index (χ2v) is 8.19. The molecule has 0 aromatic heterocycles. The van der Waals surface area contributed by atoms with E-state index in [-0.39, 0.29) is 30.8 Å². The Morgan fingerprint density at radius 3 is 2.27 bits per heavy atom. The van der Waals surface area contributed by atoms with Gasteiger partial charge in [-0.1, -0.05) is 44.2 Å². The summed E-state index contributed by atoms with van der Waals surface area (Å²) in [5.74, 6) is -0.102. The largest absolute Gasteiger partial charge is 0.497 e. The molecule has 172 valence electrons. The number of ether oxygens (including phenoxy) is 1. The monoisotopic (exact) mass is 447 g/mol. The second kappa shape index (κ2) is 11.1. The fourth-order valence-electron chi connectivity index (χ4n) is 3.45. The Morgan fingerprint density at radius 2 is 1.61 bits per heavy atom. The highest BCUT2D eigenvalue weighted by molar-refractivity contribution is 6.00. The maximum atomic E-state index is 13.1. The van der Waals surface area contributed by atoms with Crippen molar-refractivity contribution in [1.82, 2.24) is 10.2 Å². The normalized spacial score (nSPS) is 10.7. The third kappa shape index (κ3) is 6.80. The minimum Gasteiger partial charge on any atom is -0.497 e. The Kier molecular flexibility index (Phi) is 8.02. The molecule has 7 nitrogen and oxygen atoms in total. The maximum Gasteiger partial charge on any atom is 0.254 e. The number of methoxy groups -OCH3 is 1. The number of nitrogens with one attached hydrogen (secondary N) is 2. The number of carbonyl (C=O) groups is 3. The molecule has 0 spiro atoms. The summed E-state index contributed by atoms with van der Waals surface area (Å²) in [6, 6.07) is 20.2. The fraction of sp³-hybridized carbons (Fsp3) is 0.269. The molecule has 3 amide bonds. The molecule has 0 aliphatic rings. The zero-order chi connectivity index (χ0) is 23.8. The third-order valence-corrected chi connectivity index (χ3v) is 5.02. The van der Waals surface area contributed by atoms with E-state index in [1.807, 2.05) is 50.2 Å². The van der Waals surface area contributed by atoms with Crippen molar-refractivity contribution in [3.8, 4) is 5.75 Å². The van der Waals surface area contributed by atoms with E-state index in [4.69, 9.17) is 4.74 Å². The Hall–Kier alpha value is -3.87. The summed E-state index contributed by atoms with van der Waals surface area (Å²) in [7, 11) is 1.57. The summed E-state index contributed by atoms with van der Waals surface area (Å²) in [5.41, 5.74) is 1.13. The summed E-state index contributed by atoms with van der Waals surface area (Å²) in [4.78, 5) is 39.4.